The van der Waals surface area contributed by atoms with Crippen molar-refractivity contribution in [1.29, 1.82) is 0 Å². The zero-order chi connectivity index (χ0) is 21.9. The van der Waals surface area contributed by atoms with E-state index in [-0.39, 0.29) is 18.2 Å². The molecule has 0 aliphatic rings. The van der Waals surface area contributed by atoms with Crippen molar-refractivity contribution in [3.05, 3.63) is 29.0 Å². The van der Waals surface area contributed by atoms with Crippen LogP contribution in [-0.4, -0.2) is 57.7 Å². The van der Waals surface area contributed by atoms with E-state index in [4.69, 9.17) is 17.0 Å². The standard InChI is InChI=1S/C21H31N5O3S/c1-4-25(5-2)19(28)8-7-14-22-18(27)13-15-26-20(23-24-21(26)30)16-9-11-17(12-10-16)29-6-3/h9-12H,4-8,13-15H2,1-3H3,(H,22,27)(H,24,30). The fourth-order valence-electron chi connectivity index (χ4n) is 3.12. The predicted molar refractivity (Wildman–Crippen MR) is 119 cm³/mol. The Hall–Kier alpha value is -2.68. The number of carbonyl (C=O) groups is 2. The van der Waals surface area contributed by atoms with Crippen LogP contribution in [0.2, 0.25) is 0 Å². The first-order chi connectivity index (χ1) is 14.5. The highest BCUT2D eigenvalue weighted by atomic mass is 32.1. The van der Waals surface area contributed by atoms with Crippen LogP contribution in [0.1, 0.15) is 40.0 Å². The van der Waals surface area contributed by atoms with Gasteiger partial charge in [0.15, 0.2) is 10.6 Å². The van der Waals surface area contributed by atoms with Crippen molar-refractivity contribution in [3.8, 4) is 17.1 Å². The maximum atomic E-state index is 12.2. The molecule has 0 bridgehead atoms. The molecule has 2 rings (SSSR count). The molecule has 30 heavy (non-hydrogen) atoms. The molecule has 0 saturated carbocycles. The van der Waals surface area contributed by atoms with Gasteiger partial charge in [-0.15, -0.1) is 0 Å². The lowest BCUT2D eigenvalue weighted by atomic mass is 10.2. The van der Waals surface area contributed by atoms with Crippen LogP contribution < -0.4 is 10.1 Å². The maximum Gasteiger partial charge on any atom is 0.222 e. The van der Waals surface area contributed by atoms with Crippen LogP contribution in [0.3, 0.4) is 0 Å². The van der Waals surface area contributed by atoms with Gasteiger partial charge < -0.3 is 15.0 Å². The molecule has 0 spiro atoms. The lowest BCUT2D eigenvalue weighted by Gasteiger charge is -2.18. The molecular formula is C21H31N5O3S. The van der Waals surface area contributed by atoms with Crippen LogP contribution in [0, 0.1) is 4.77 Å². The first kappa shape index (κ1) is 23.6. The molecule has 0 fully saturated rings. The Morgan fingerprint density at radius 3 is 2.50 bits per heavy atom. The number of hydrogen-bond acceptors (Lipinski definition) is 5. The monoisotopic (exact) mass is 433 g/mol. The van der Waals surface area contributed by atoms with E-state index in [1.807, 2.05) is 49.6 Å². The van der Waals surface area contributed by atoms with Gasteiger partial charge in [0, 0.05) is 44.6 Å². The minimum Gasteiger partial charge on any atom is -0.494 e. The average Bonchev–Trinajstić information content (AvgIpc) is 3.11. The van der Waals surface area contributed by atoms with E-state index in [0.717, 1.165) is 11.3 Å². The van der Waals surface area contributed by atoms with Gasteiger partial charge in [0.05, 0.1) is 6.61 Å². The van der Waals surface area contributed by atoms with Gasteiger partial charge in [-0.05, 0) is 63.7 Å². The molecule has 0 aliphatic heterocycles. The summed E-state index contributed by atoms with van der Waals surface area (Å²) in [6.45, 7) is 8.80. The minimum absolute atomic E-state index is 0.0777. The first-order valence-corrected chi connectivity index (χ1v) is 10.8. The highest BCUT2D eigenvalue weighted by Crippen LogP contribution is 2.21. The quantitative estimate of drug-likeness (QED) is 0.396. The number of nitrogens with zero attached hydrogens (tertiary/aromatic N) is 3. The molecule has 2 amide bonds. The molecule has 0 aliphatic carbocycles. The minimum atomic E-state index is -0.0777. The molecule has 0 unspecified atom stereocenters. The normalized spacial score (nSPS) is 10.6. The van der Waals surface area contributed by atoms with Crippen molar-refractivity contribution in [3.63, 3.8) is 0 Å². The van der Waals surface area contributed by atoms with Crippen molar-refractivity contribution in [2.24, 2.45) is 0 Å². The van der Waals surface area contributed by atoms with Gasteiger partial charge in [-0.1, -0.05) is 0 Å². The summed E-state index contributed by atoms with van der Waals surface area (Å²) < 4.78 is 7.75. The summed E-state index contributed by atoms with van der Waals surface area (Å²) in [7, 11) is 0. The second kappa shape index (κ2) is 12.1. The summed E-state index contributed by atoms with van der Waals surface area (Å²) in [5.74, 6) is 1.52. The molecule has 2 N–H and O–H groups in total. The summed E-state index contributed by atoms with van der Waals surface area (Å²) in [6, 6.07) is 7.60. The fourth-order valence-corrected chi connectivity index (χ4v) is 3.34. The van der Waals surface area contributed by atoms with Crippen LogP contribution in [0.25, 0.3) is 11.4 Å². The zero-order valence-corrected chi connectivity index (χ0v) is 18.8. The van der Waals surface area contributed by atoms with Crippen molar-refractivity contribution in [1.82, 2.24) is 25.0 Å². The topological polar surface area (TPSA) is 92.2 Å². The van der Waals surface area contributed by atoms with Crippen molar-refractivity contribution in [2.45, 2.75) is 46.6 Å². The molecule has 1 aromatic heterocycles. The number of carbonyl (C=O) groups excluding carboxylic acids is 2. The van der Waals surface area contributed by atoms with Gasteiger partial charge >= 0.3 is 0 Å². The Morgan fingerprint density at radius 1 is 1.17 bits per heavy atom. The predicted octanol–water partition coefficient (Wildman–Crippen LogP) is 3.16. The Kier molecular flexibility index (Phi) is 9.53. The highest BCUT2D eigenvalue weighted by Gasteiger charge is 2.12. The molecule has 164 valence electrons. The lowest BCUT2D eigenvalue weighted by Crippen LogP contribution is -2.31. The zero-order valence-electron chi connectivity index (χ0n) is 17.9. The third-order valence-electron chi connectivity index (χ3n) is 4.75. The van der Waals surface area contributed by atoms with Gasteiger partial charge in [0.2, 0.25) is 11.8 Å². The third-order valence-corrected chi connectivity index (χ3v) is 5.06. The molecule has 9 heteroatoms. The van der Waals surface area contributed by atoms with Crippen LogP contribution in [-0.2, 0) is 16.1 Å². The third kappa shape index (κ3) is 6.69. The van der Waals surface area contributed by atoms with E-state index in [2.05, 4.69) is 15.5 Å². The van der Waals surface area contributed by atoms with Gasteiger partial charge in [-0.25, -0.2) is 0 Å². The Bertz CT molecular complexity index is 872. The number of aromatic amines is 1. The number of benzene rings is 1. The van der Waals surface area contributed by atoms with E-state index < -0.39 is 0 Å². The second-order valence-electron chi connectivity index (χ2n) is 6.73. The van der Waals surface area contributed by atoms with Crippen molar-refractivity contribution < 1.29 is 14.3 Å². The van der Waals surface area contributed by atoms with Crippen LogP contribution >= 0.6 is 12.2 Å². The summed E-state index contributed by atoms with van der Waals surface area (Å²) >= 11 is 5.32. The van der Waals surface area contributed by atoms with Gasteiger partial charge in [0.25, 0.3) is 0 Å². The number of amides is 2. The molecule has 1 heterocycles. The van der Waals surface area contributed by atoms with Gasteiger partial charge in [-0.3, -0.25) is 19.3 Å². The number of rotatable bonds is 12. The summed E-state index contributed by atoms with van der Waals surface area (Å²) in [5, 5.41) is 9.97. The van der Waals surface area contributed by atoms with Crippen LogP contribution in [0.5, 0.6) is 5.75 Å². The summed E-state index contributed by atoms with van der Waals surface area (Å²) in [4.78, 5) is 26.0. The summed E-state index contributed by atoms with van der Waals surface area (Å²) in [6.07, 6.45) is 1.35. The van der Waals surface area contributed by atoms with Gasteiger partial charge in [0.1, 0.15) is 5.75 Å². The maximum absolute atomic E-state index is 12.2. The Balaban J connectivity index is 1.84. The molecule has 1 aromatic carbocycles. The molecule has 0 radical (unpaired) electrons. The highest BCUT2D eigenvalue weighted by molar-refractivity contribution is 7.71. The SMILES string of the molecule is CCOc1ccc(-c2n[nH]c(=S)n2CCC(=O)NCCCC(=O)N(CC)CC)cc1. The lowest BCUT2D eigenvalue weighted by molar-refractivity contribution is -0.131. The fraction of sp³-hybridized carbons (Fsp3) is 0.524. The number of nitrogens with one attached hydrogen (secondary N) is 2. The molecular weight excluding hydrogens is 402 g/mol. The van der Waals surface area contributed by atoms with E-state index in [9.17, 15) is 9.59 Å². The molecule has 0 saturated heterocycles. The molecule has 0 atom stereocenters. The summed E-state index contributed by atoms with van der Waals surface area (Å²) in [5.41, 5.74) is 0.890. The van der Waals surface area contributed by atoms with Crippen molar-refractivity contribution >= 4 is 24.0 Å². The Morgan fingerprint density at radius 2 is 1.87 bits per heavy atom. The molecule has 8 nitrogen and oxygen atoms in total. The van der Waals surface area contributed by atoms with E-state index in [1.165, 1.54) is 0 Å². The largest absolute Gasteiger partial charge is 0.494 e. The van der Waals surface area contributed by atoms with E-state index in [1.54, 1.807) is 4.90 Å². The smallest absolute Gasteiger partial charge is 0.222 e. The second-order valence-corrected chi connectivity index (χ2v) is 7.12. The van der Waals surface area contributed by atoms with Crippen molar-refractivity contribution in [2.75, 3.05) is 26.2 Å². The number of H-pyrrole nitrogens is 1. The van der Waals surface area contributed by atoms with Crippen LogP contribution in [0.15, 0.2) is 24.3 Å². The van der Waals surface area contributed by atoms with E-state index >= 15 is 0 Å². The number of aromatic nitrogens is 3. The number of ether oxygens (including phenoxy) is 1. The Labute approximate surface area is 182 Å². The van der Waals surface area contributed by atoms with Gasteiger partial charge in [-0.2, -0.15) is 5.10 Å². The average molecular weight is 434 g/mol. The first-order valence-electron chi connectivity index (χ1n) is 10.4. The van der Waals surface area contributed by atoms with Crippen LogP contribution in [0.4, 0.5) is 0 Å². The number of hydrogen-bond donors (Lipinski definition) is 2. The molecule has 2 aromatic rings. The van der Waals surface area contributed by atoms with E-state index in [0.29, 0.717) is 56.2 Å².